The van der Waals surface area contributed by atoms with Crippen LogP contribution in [0.2, 0.25) is 0 Å². The zero-order chi connectivity index (χ0) is 9.90. The molecule has 1 unspecified atom stereocenters. The molecule has 3 nitrogen and oxygen atoms in total. The molecule has 13 heavy (non-hydrogen) atoms. The molecule has 3 heteroatoms. The van der Waals surface area contributed by atoms with Crippen LogP contribution >= 0.6 is 0 Å². The van der Waals surface area contributed by atoms with Crippen LogP contribution in [0.1, 0.15) is 39.5 Å². The molecule has 0 bridgehead atoms. The molecule has 0 spiro atoms. The third-order valence-corrected chi connectivity index (χ3v) is 2.68. The molecular formula is C10H20O3. The Morgan fingerprint density at radius 3 is 2.31 bits per heavy atom. The molecule has 0 aromatic carbocycles. The molecule has 78 valence electrons. The number of hydrogen-bond acceptors (Lipinski definition) is 3. The van der Waals surface area contributed by atoms with Crippen molar-refractivity contribution in [2.45, 2.75) is 57.3 Å². The first-order chi connectivity index (χ1) is 6.04. The van der Waals surface area contributed by atoms with Gasteiger partial charge in [-0.3, -0.25) is 0 Å². The lowest BCUT2D eigenvalue weighted by Crippen LogP contribution is -2.42. The van der Waals surface area contributed by atoms with Gasteiger partial charge in [-0.1, -0.05) is 12.8 Å². The zero-order valence-electron chi connectivity index (χ0n) is 8.49. The van der Waals surface area contributed by atoms with Gasteiger partial charge in [0.05, 0.1) is 18.3 Å². The number of ether oxygens (including phenoxy) is 1. The van der Waals surface area contributed by atoms with E-state index in [1.54, 1.807) is 0 Å². The van der Waals surface area contributed by atoms with Crippen molar-refractivity contribution in [2.24, 2.45) is 0 Å². The predicted octanol–water partition coefficient (Wildman–Crippen LogP) is 1.08. The number of aliphatic hydroxyl groups is 2. The van der Waals surface area contributed by atoms with Crippen LogP contribution in [0.4, 0.5) is 0 Å². The van der Waals surface area contributed by atoms with Crippen LogP contribution in [0.5, 0.6) is 0 Å². The molecule has 0 radical (unpaired) electrons. The molecule has 1 rings (SSSR count). The molecule has 0 aliphatic heterocycles. The maximum absolute atomic E-state index is 9.94. The van der Waals surface area contributed by atoms with Crippen molar-refractivity contribution in [1.82, 2.24) is 0 Å². The minimum absolute atomic E-state index is 0.111. The lowest BCUT2D eigenvalue weighted by molar-refractivity contribution is -0.110. The van der Waals surface area contributed by atoms with Gasteiger partial charge in [0.25, 0.3) is 0 Å². The van der Waals surface area contributed by atoms with E-state index in [0.717, 1.165) is 12.8 Å². The molecule has 1 atom stereocenters. The zero-order valence-corrected chi connectivity index (χ0v) is 8.49. The van der Waals surface area contributed by atoms with E-state index < -0.39 is 11.7 Å². The average Bonchev–Trinajstić information content (AvgIpc) is 2.49. The Hall–Kier alpha value is -0.120. The Morgan fingerprint density at radius 2 is 1.85 bits per heavy atom. The van der Waals surface area contributed by atoms with Gasteiger partial charge in [0.1, 0.15) is 6.10 Å². The lowest BCUT2D eigenvalue weighted by Gasteiger charge is -2.28. The lowest BCUT2D eigenvalue weighted by atomic mass is 9.95. The number of aliphatic hydroxyl groups excluding tert-OH is 1. The fourth-order valence-corrected chi connectivity index (χ4v) is 1.76. The van der Waals surface area contributed by atoms with Crippen LogP contribution < -0.4 is 0 Å². The van der Waals surface area contributed by atoms with Crippen LogP contribution in [-0.4, -0.2) is 34.6 Å². The van der Waals surface area contributed by atoms with E-state index >= 15 is 0 Å². The first-order valence-corrected chi connectivity index (χ1v) is 5.06. The summed E-state index contributed by atoms with van der Waals surface area (Å²) in [5.74, 6) is 0. The van der Waals surface area contributed by atoms with Crippen molar-refractivity contribution in [3.8, 4) is 0 Å². The van der Waals surface area contributed by atoms with Gasteiger partial charge in [-0.15, -0.1) is 0 Å². The molecule has 0 amide bonds. The highest BCUT2D eigenvalue weighted by Crippen LogP contribution is 2.32. The monoisotopic (exact) mass is 188 g/mol. The summed E-state index contributed by atoms with van der Waals surface area (Å²) in [6, 6.07) is 0. The van der Waals surface area contributed by atoms with E-state index in [1.807, 2.05) is 13.8 Å². The molecule has 0 heterocycles. The molecule has 1 fully saturated rings. The van der Waals surface area contributed by atoms with Crippen LogP contribution in [0, 0.1) is 0 Å². The second kappa shape index (κ2) is 4.40. The minimum Gasteiger partial charge on any atom is -0.388 e. The summed E-state index contributed by atoms with van der Waals surface area (Å²) in [5, 5.41) is 19.6. The smallest absolute Gasteiger partial charge is 0.106 e. The van der Waals surface area contributed by atoms with Crippen LogP contribution in [0.15, 0.2) is 0 Å². The van der Waals surface area contributed by atoms with Crippen molar-refractivity contribution in [1.29, 1.82) is 0 Å². The highest BCUT2D eigenvalue weighted by atomic mass is 16.5. The first kappa shape index (κ1) is 11.0. The number of hydrogen-bond donors (Lipinski definition) is 2. The summed E-state index contributed by atoms with van der Waals surface area (Å²) in [4.78, 5) is 0. The van der Waals surface area contributed by atoms with Gasteiger partial charge in [-0.25, -0.2) is 0 Å². The molecular weight excluding hydrogens is 168 g/mol. The van der Waals surface area contributed by atoms with Crippen molar-refractivity contribution in [3.05, 3.63) is 0 Å². The van der Waals surface area contributed by atoms with Gasteiger partial charge in [0.15, 0.2) is 0 Å². The predicted molar refractivity (Wildman–Crippen MR) is 50.5 cm³/mol. The highest BCUT2D eigenvalue weighted by molar-refractivity contribution is 4.90. The van der Waals surface area contributed by atoms with E-state index in [-0.39, 0.29) is 12.7 Å². The Balaban J connectivity index is 2.33. The van der Waals surface area contributed by atoms with Crippen LogP contribution in [-0.2, 0) is 4.74 Å². The maximum atomic E-state index is 9.94. The third kappa shape index (κ3) is 2.93. The summed E-state index contributed by atoms with van der Waals surface area (Å²) in [7, 11) is 0. The molecule has 1 aliphatic rings. The summed E-state index contributed by atoms with van der Waals surface area (Å²) in [5.41, 5.74) is -0.880. The van der Waals surface area contributed by atoms with E-state index in [9.17, 15) is 10.2 Å². The fraction of sp³-hybridized carbons (Fsp3) is 1.00. The SMILES string of the molecule is CC(C)OCC(O)C1(O)CCCC1. The quantitative estimate of drug-likeness (QED) is 0.694. The normalized spacial score (nSPS) is 23.8. The van der Waals surface area contributed by atoms with Crippen LogP contribution in [0.3, 0.4) is 0 Å². The second-order valence-electron chi connectivity index (χ2n) is 4.21. The molecule has 0 aromatic heterocycles. The van der Waals surface area contributed by atoms with Crippen molar-refractivity contribution in [2.75, 3.05) is 6.61 Å². The molecule has 0 saturated heterocycles. The van der Waals surface area contributed by atoms with E-state index in [2.05, 4.69) is 0 Å². The maximum Gasteiger partial charge on any atom is 0.106 e. The summed E-state index contributed by atoms with van der Waals surface area (Å²) in [6.07, 6.45) is 2.81. The molecule has 2 N–H and O–H groups in total. The van der Waals surface area contributed by atoms with E-state index in [0.29, 0.717) is 12.8 Å². The average molecular weight is 188 g/mol. The van der Waals surface area contributed by atoms with Crippen LogP contribution in [0.25, 0.3) is 0 Å². The van der Waals surface area contributed by atoms with Gasteiger partial charge in [0, 0.05) is 0 Å². The standard InChI is InChI=1S/C10H20O3/c1-8(2)13-7-9(11)10(12)5-3-4-6-10/h8-9,11-12H,3-7H2,1-2H3. The Bertz CT molecular complexity index is 150. The first-order valence-electron chi connectivity index (χ1n) is 5.06. The fourth-order valence-electron chi connectivity index (χ4n) is 1.76. The summed E-state index contributed by atoms with van der Waals surface area (Å²) >= 11 is 0. The Morgan fingerprint density at radius 1 is 1.31 bits per heavy atom. The minimum atomic E-state index is -0.880. The van der Waals surface area contributed by atoms with Gasteiger partial charge in [-0.2, -0.15) is 0 Å². The van der Waals surface area contributed by atoms with Crippen molar-refractivity contribution < 1.29 is 14.9 Å². The largest absolute Gasteiger partial charge is 0.388 e. The van der Waals surface area contributed by atoms with E-state index in [4.69, 9.17) is 4.74 Å². The van der Waals surface area contributed by atoms with Gasteiger partial charge in [-0.05, 0) is 26.7 Å². The van der Waals surface area contributed by atoms with Gasteiger partial charge in [0.2, 0.25) is 0 Å². The second-order valence-corrected chi connectivity index (χ2v) is 4.21. The van der Waals surface area contributed by atoms with Crippen molar-refractivity contribution in [3.63, 3.8) is 0 Å². The van der Waals surface area contributed by atoms with Gasteiger partial charge < -0.3 is 14.9 Å². The topological polar surface area (TPSA) is 49.7 Å². The van der Waals surface area contributed by atoms with E-state index in [1.165, 1.54) is 0 Å². The Labute approximate surface area is 79.7 Å². The molecule has 1 aliphatic carbocycles. The Kier molecular flexibility index (Phi) is 3.71. The van der Waals surface area contributed by atoms with Crippen molar-refractivity contribution >= 4 is 0 Å². The molecule has 0 aromatic rings. The molecule has 1 saturated carbocycles. The highest BCUT2D eigenvalue weighted by Gasteiger charge is 2.38. The summed E-state index contributed by atoms with van der Waals surface area (Å²) < 4.78 is 5.27. The summed E-state index contributed by atoms with van der Waals surface area (Å²) in [6.45, 7) is 4.09. The number of rotatable bonds is 4. The third-order valence-electron chi connectivity index (χ3n) is 2.68. The van der Waals surface area contributed by atoms with Gasteiger partial charge >= 0.3 is 0 Å².